The number of hydrogen-bond donors (Lipinski definition) is 2. The van der Waals surface area contributed by atoms with Crippen LogP contribution >= 0.6 is 12.4 Å². The first-order chi connectivity index (χ1) is 10.3. The van der Waals surface area contributed by atoms with Crippen molar-refractivity contribution in [3.63, 3.8) is 0 Å². The molecule has 0 bridgehead atoms. The molecule has 1 atom stereocenters. The number of amides is 2. The van der Waals surface area contributed by atoms with Crippen molar-refractivity contribution >= 4 is 29.9 Å². The van der Waals surface area contributed by atoms with Crippen LogP contribution in [0.3, 0.4) is 0 Å². The maximum Gasteiger partial charge on any atom is 0.246 e. The van der Waals surface area contributed by atoms with Gasteiger partial charge in [-0.3, -0.25) is 9.59 Å². The van der Waals surface area contributed by atoms with Crippen molar-refractivity contribution in [3.05, 3.63) is 29.3 Å². The lowest BCUT2D eigenvalue weighted by molar-refractivity contribution is -0.126. The van der Waals surface area contributed by atoms with E-state index >= 15 is 0 Å². The van der Waals surface area contributed by atoms with Gasteiger partial charge < -0.3 is 16.0 Å². The molecule has 0 fully saturated rings. The van der Waals surface area contributed by atoms with E-state index in [4.69, 9.17) is 5.73 Å². The highest BCUT2D eigenvalue weighted by molar-refractivity contribution is 5.97. The van der Waals surface area contributed by atoms with Crippen molar-refractivity contribution in [2.75, 3.05) is 18.0 Å². The van der Waals surface area contributed by atoms with E-state index in [0.29, 0.717) is 6.54 Å². The zero-order valence-corrected chi connectivity index (χ0v) is 15.4. The Labute approximate surface area is 145 Å². The first-order valence-corrected chi connectivity index (χ1v) is 7.68. The van der Waals surface area contributed by atoms with Gasteiger partial charge in [0, 0.05) is 12.2 Å². The molecule has 6 heteroatoms. The Kier molecular flexibility index (Phi) is 8.87. The number of anilines is 1. The second-order valence-corrected chi connectivity index (χ2v) is 5.97. The molecule has 0 heterocycles. The van der Waals surface area contributed by atoms with E-state index in [9.17, 15) is 9.59 Å². The summed E-state index contributed by atoms with van der Waals surface area (Å²) >= 11 is 0. The van der Waals surface area contributed by atoms with Gasteiger partial charge in [0.15, 0.2) is 0 Å². The summed E-state index contributed by atoms with van der Waals surface area (Å²) < 4.78 is 0. The first-order valence-electron chi connectivity index (χ1n) is 7.68. The van der Waals surface area contributed by atoms with Crippen LogP contribution in [0.5, 0.6) is 0 Å². The van der Waals surface area contributed by atoms with Gasteiger partial charge >= 0.3 is 0 Å². The topological polar surface area (TPSA) is 75.4 Å². The number of benzene rings is 1. The summed E-state index contributed by atoms with van der Waals surface area (Å²) in [5.74, 6) is -0.395. The summed E-state index contributed by atoms with van der Waals surface area (Å²) in [5.41, 5.74) is 8.83. The highest BCUT2D eigenvalue weighted by atomic mass is 35.5. The quantitative estimate of drug-likeness (QED) is 0.832. The van der Waals surface area contributed by atoms with Crippen LogP contribution in [0.4, 0.5) is 5.69 Å². The van der Waals surface area contributed by atoms with E-state index in [1.165, 1.54) is 0 Å². The molecule has 1 aromatic carbocycles. The minimum Gasteiger partial charge on any atom is -0.346 e. The molecular formula is C17H28ClN3O2. The third kappa shape index (κ3) is 6.20. The fraction of sp³-hybridized carbons (Fsp3) is 0.529. The number of halogens is 1. The van der Waals surface area contributed by atoms with E-state index in [-0.39, 0.29) is 36.7 Å². The number of likely N-dealkylation sites (N-methyl/N-ethyl adjacent to an activating group) is 1. The minimum absolute atomic E-state index is 0. The number of nitrogens with one attached hydrogen (secondary N) is 1. The number of nitrogens with two attached hydrogens (primary N) is 1. The predicted molar refractivity (Wildman–Crippen MR) is 97.0 cm³/mol. The Morgan fingerprint density at radius 3 is 2.13 bits per heavy atom. The molecule has 0 unspecified atom stereocenters. The molecule has 5 nitrogen and oxygen atoms in total. The standard InChI is InChI=1S/C17H27N3O2.ClH/c1-6-20(14-8-12(4)7-13(5)9-14)15(21)10-19-17(22)16(18)11(2)3;/h7-9,11,16H,6,10,18H2,1-5H3,(H,19,22);1H/t16-;/m0./s1. The van der Waals surface area contributed by atoms with Crippen LogP contribution in [-0.4, -0.2) is 30.9 Å². The largest absolute Gasteiger partial charge is 0.346 e. The van der Waals surface area contributed by atoms with Gasteiger partial charge in [0.1, 0.15) is 0 Å². The first kappa shape index (κ1) is 21.4. The van der Waals surface area contributed by atoms with Crippen molar-refractivity contribution in [2.45, 2.75) is 40.7 Å². The molecule has 0 saturated carbocycles. The number of hydrogen-bond acceptors (Lipinski definition) is 3. The zero-order chi connectivity index (χ0) is 16.9. The van der Waals surface area contributed by atoms with Crippen molar-refractivity contribution in [1.82, 2.24) is 5.32 Å². The van der Waals surface area contributed by atoms with Crippen LogP contribution < -0.4 is 16.0 Å². The molecule has 0 aliphatic rings. The zero-order valence-electron chi connectivity index (χ0n) is 14.6. The maximum absolute atomic E-state index is 12.4. The molecule has 0 aromatic heterocycles. The van der Waals surface area contributed by atoms with Gasteiger partial charge in [-0.25, -0.2) is 0 Å². The van der Waals surface area contributed by atoms with E-state index in [0.717, 1.165) is 16.8 Å². The lowest BCUT2D eigenvalue weighted by Crippen LogP contribution is -2.48. The van der Waals surface area contributed by atoms with Crippen LogP contribution in [-0.2, 0) is 9.59 Å². The molecule has 1 rings (SSSR count). The van der Waals surface area contributed by atoms with Gasteiger partial charge in [0.25, 0.3) is 0 Å². The molecule has 1 aromatic rings. The molecule has 0 radical (unpaired) electrons. The SMILES string of the molecule is CCN(C(=O)CNC(=O)[C@@H](N)C(C)C)c1cc(C)cc(C)c1.Cl. The average molecular weight is 342 g/mol. The Bertz CT molecular complexity index is 526. The number of carbonyl (C=O) groups is 2. The number of aryl methyl sites for hydroxylation is 2. The Morgan fingerprint density at radius 2 is 1.70 bits per heavy atom. The van der Waals surface area contributed by atoms with Gasteiger partial charge in [-0.1, -0.05) is 19.9 Å². The third-order valence-corrected chi connectivity index (χ3v) is 3.57. The second kappa shape index (κ2) is 9.53. The minimum atomic E-state index is -0.593. The monoisotopic (exact) mass is 341 g/mol. The lowest BCUT2D eigenvalue weighted by Gasteiger charge is -2.23. The number of carbonyl (C=O) groups excluding carboxylic acids is 2. The summed E-state index contributed by atoms with van der Waals surface area (Å²) in [7, 11) is 0. The van der Waals surface area contributed by atoms with Crippen molar-refractivity contribution in [2.24, 2.45) is 11.7 Å². The number of nitrogens with zero attached hydrogens (tertiary/aromatic N) is 1. The van der Waals surface area contributed by atoms with Gasteiger partial charge in [-0.15, -0.1) is 12.4 Å². The molecule has 23 heavy (non-hydrogen) atoms. The van der Waals surface area contributed by atoms with Crippen molar-refractivity contribution in [1.29, 1.82) is 0 Å². The highest BCUT2D eigenvalue weighted by Crippen LogP contribution is 2.18. The summed E-state index contributed by atoms with van der Waals surface area (Å²) in [6.07, 6.45) is 0. The predicted octanol–water partition coefficient (Wildman–Crippen LogP) is 2.18. The molecule has 0 aliphatic carbocycles. The van der Waals surface area contributed by atoms with Gasteiger partial charge in [0.2, 0.25) is 11.8 Å². The fourth-order valence-electron chi connectivity index (χ4n) is 2.29. The lowest BCUT2D eigenvalue weighted by atomic mass is 10.1. The van der Waals surface area contributed by atoms with Gasteiger partial charge in [-0.2, -0.15) is 0 Å². The number of rotatable bonds is 6. The van der Waals surface area contributed by atoms with Crippen LogP contribution in [0.25, 0.3) is 0 Å². The molecule has 0 aliphatic heterocycles. The van der Waals surface area contributed by atoms with Gasteiger partial charge in [-0.05, 0) is 49.9 Å². The Hall–Kier alpha value is -1.59. The summed E-state index contributed by atoms with van der Waals surface area (Å²) in [5, 5.41) is 2.62. The normalized spacial score (nSPS) is 11.6. The second-order valence-electron chi connectivity index (χ2n) is 5.97. The van der Waals surface area contributed by atoms with Crippen molar-refractivity contribution in [3.8, 4) is 0 Å². The Morgan fingerprint density at radius 1 is 1.17 bits per heavy atom. The van der Waals surface area contributed by atoms with E-state index < -0.39 is 6.04 Å². The molecular weight excluding hydrogens is 314 g/mol. The van der Waals surface area contributed by atoms with Gasteiger partial charge in [0.05, 0.1) is 12.6 Å². The third-order valence-electron chi connectivity index (χ3n) is 3.57. The van der Waals surface area contributed by atoms with Crippen molar-refractivity contribution < 1.29 is 9.59 Å². The maximum atomic E-state index is 12.4. The molecule has 0 spiro atoms. The van der Waals surface area contributed by atoms with E-state index in [2.05, 4.69) is 11.4 Å². The fourth-order valence-corrected chi connectivity index (χ4v) is 2.29. The smallest absolute Gasteiger partial charge is 0.246 e. The van der Waals surface area contributed by atoms with Crippen LogP contribution in [0.2, 0.25) is 0 Å². The summed E-state index contributed by atoms with van der Waals surface area (Å²) in [6.45, 7) is 10.2. The highest BCUT2D eigenvalue weighted by Gasteiger charge is 2.20. The molecule has 0 saturated heterocycles. The van der Waals surface area contributed by atoms with E-state index in [1.54, 1.807) is 4.90 Å². The summed E-state index contributed by atoms with van der Waals surface area (Å²) in [4.78, 5) is 25.9. The molecule has 3 N–H and O–H groups in total. The average Bonchev–Trinajstić information content (AvgIpc) is 2.43. The molecule has 2 amide bonds. The van der Waals surface area contributed by atoms with Crippen LogP contribution in [0, 0.1) is 19.8 Å². The van der Waals surface area contributed by atoms with Crippen LogP contribution in [0.1, 0.15) is 31.9 Å². The van der Waals surface area contributed by atoms with E-state index in [1.807, 2.05) is 46.8 Å². The Balaban J connectivity index is 0.00000484. The summed E-state index contributed by atoms with van der Waals surface area (Å²) in [6, 6.07) is 5.40. The van der Waals surface area contributed by atoms with Crippen LogP contribution in [0.15, 0.2) is 18.2 Å². The molecule has 130 valence electrons.